The van der Waals surface area contributed by atoms with Crippen LogP contribution in [0.25, 0.3) is 0 Å². The lowest BCUT2D eigenvalue weighted by molar-refractivity contribution is -0.143. The van der Waals surface area contributed by atoms with Gasteiger partial charge in [0.25, 0.3) is 0 Å². The maximum absolute atomic E-state index is 11.7. The molecule has 0 unspecified atom stereocenters. The Bertz CT molecular complexity index is 429. The molecule has 0 heterocycles. The molecule has 0 aliphatic carbocycles. The third kappa shape index (κ3) is 31.2. The highest BCUT2D eigenvalue weighted by molar-refractivity contribution is 5.69. The molecule has 0 spiro atoms. The van der Waals surface area contributed by atoms with Crippen molar-refractivity contribution < 1.29 is 9.53 Å². The molecule has 2 heteroatoms. The summed E-state index contributed by atoms with van der Waals surface area (Å²) < 4.78 is 5.30. The summed E-state index contributed by atoms with van der Waals surface area (Å²) in [6.45, 7) is 5.01. The van der Waals surface area contributed by atoms with Crippen LogP contribution in [0.15, 0.2) is 12.2 Å². The van der Waals surface area contributed by atoms with Gasteiger partial charge in [-0.3, -0.25) is 4.79 Å². The van der Waals surface area contributed by atoms with Gasteiger partial charge in [0.05, 0.1) is 6.61 Å². The highest BCUT2D eigenvalue weighted by Gasteiger charge is 2.02. The Balaban J connectivity index is 3.11. The third-order valence-electron chi connectivity index (χ3n) is 7.17. The minimum atomic E-state index is -0.00651. The van der Waals surface area contributed by atoms with Crippen molar-refractivity contribution in [3.63, 3.8) is 0 Å². The van der Waals surface area contributed by atoms with E-state index in [1.165, 1.54) is 141 Å². The van der Waals surface area contributed by atoms with E-state index in [0.29, 0.717) is 13.0 Å². The van der Waals surface area contributed by atoms with E-state index in [0.717, 1.165) is 25.7 Å². The van der Waals surface area contributed by atoms with Crippen molar-refractivity contribution in [3.05, 3.63) is 12.2 Å². The average Bonchev–Trinajstić information content (AvgIpc) is 2.86. The standard InChI is InChI=1S/C33H64O2/c1-3-5-7-9-10-11-12-13-14-15-16-17-18-19-20-21-22-23-24-25-26-27-29-31-33(34)35-32-30-28-8-6-4-2/h6,8H,3-5,7,9-32H2,1-2H3/b8-6+. The van der Waals surface area contributed by atoms with E-state index in [1.807, 2.05) is 0 Å². The van der Waals surface area contributed by atoms with Crippen molar-refractivity contribution in [1.29, 1.82) is 0 Å². The maximum Gasteiger partial charge on any atom is 0.305 e. The lowest BCUT2D eigenvalue weighted by Gasteiger charge is -2.05. The van der Waals surface area contributed by atoms with Crippen molar-refractivity contribution in [2.75, 3.05) is 6.61 Å². The van der Waals surface area contributed by atoms with Crippen LogP contribution in [0.1, 0.15) is 187 Å². The number of allylic oxidation sites excluding steroid dienone is 2. The second-order valence-corrected chi connectivity index (χ2v) is 10.8. The first kappa shape index (κ1) is 34.2. The first-order valence-corrected chi connectivity index (χ1v) is 16.1. The van der Waals surface area contributed by atoms with Crippen LogP contribution in [0.4, 0.5) is 0 Å². The molecular weight excluding hydrogens is 428 g/mol. The fraction of sp³-hybridized carbons (Fsp3) is 0.909. The summed E-state index contributed by atoms with van der Waals surface area (Å²) in [7, 11) is 0. The van der Waals surface area contributed by atoms with Crippen LogP contribution in [0.3, 0.4) is 0 Å². The molecule has 0 saturated heterocycles. The second kappa shape index (κ2) is 31.2. The van der Waals surface area contributed by atoms with Gasteiger partial charge in [0.1, 0.15) is 0 Å². The smallest absolute Gasteiger partial charge is 0.305 e. The molecule has 0 aromatic rings. The van der Waals surface area contributed by atoms with Crippen molar-refractivity contribution in [2.24, 2.45) is 0 Å². The minimum Gasteiger partial charge on any atom is -0.466 e. The topological polar surface area (TPSA) is 26.3 Å². The molecule has 0 N–H and O–H groups in total. The zero-order valence-electron chi connectivity index (χ0n) is 24.3. The van der Waals surface area contributed by atoms with Gasteiger partial charge in [-0.1, -0.05) is 167 Å². The summed E-state index contributed by atoms with van der Waals surface area (Å²) in [5.74, 6) is -0.00651. The zero-order valence-corrected chi connectivity index (χ0v) is 24.3. The highest BCUT2D eigenvalue weighted by atomic mass is 16.5. The molecule has 0 fully saturated rings. The van der Waals surface area contributed by atoms with Crippen molar-refractivity contribution in [2.45, 2.75) is 187 Å². The predicted octanol–water partition coefficient (Wildman–Crippen LogP) is 11.7. The second-order valence-electron chi connectivity index (χ2n) is 10.8. The molecule has 0 bridgehead atoms. The van der Waals surface area contributed by atoms with Crippen molar-refractivity contribution in [3.8, 4) is 0 Å². The Labute approximate surface area is 221 Å². The molecule has 35 heavy (non-hydrogen) atoms. The first-order valence-electron chi connectivity index (χ1n) is 16.1. The van der Waals surface area contributed by atoms with E-state index >= 15 is 0 Å². The first-order chi connectivity index (χ1) is 17.3. The van der Waals surface area contributed by atoms with Crippen molar-refractivity contribution in [1.82, 2.24) is 0 Å². The van der Waals surface area contributed by atoms with E-state index in [-0.39, 0.29) is 5.97 Å². The van der Waals surface area contributed by atoms with Crippen molar-refractivity contribution >= 4 is 5.97 Å². The van der Waals surface area contributed by atoms with Gasteiger partial charge in [-0.05, 0) is 25.7 Å². The normalized spacial score (nSPS) is 11.5. The third-order valence-corrected chi connectivity index (χ3v) is 7.17. The van der Waals surface area contributed by atoms with Crippen LogP contribution in [0.5, 0.6) is 0 Å². The number of rotatable bonds is 29. The molecule has 0 rings (SSSR count). The van der Waals surface area contributed by atoms with Gasteiger partial charge in [-0.15, -0.1) is 0 Å². The lowest BCUT2D eigenvalue weighted by atomic mass is 10.0. The Kier molecular flexibility index (Phi) is 30.5. The van der Waals surface area contributed by atoms with E-state index in [4.69, 9.17) is 4.74 Å². The monoisotopic (exact) mass is 492 g/mol. The largest absolute Gasteiger partial charge is 0.466 e. The van der Waals surface area contributed by atoms with Crippen LogP contribution in [0.2, 0.25) is 0 Å². The lowest BCUT2D eigenvalue weighted by Crippen LogP contribution is -2.05. The summed E-state index contributed by atoms with van der Waals surface area (Å²) in [6.07, 6.45) is 40.2. The summed E-state index contributed by atoms with van der Waals surface area (Å²) in [5, 5.41) is 0. The molecule has 0 aliphatic rings. The molecule has 0 atom stereocenters. The number of hydrogen-bond acceptors (Lipinski definition) is 2. The van der Waals surface area contributed by atoms with Crippen LogP contribution in [-0.4, -0.2) is 12.6 Å². The summed E-state index contributed by atoms with van der Waals surface area (Å²) >= 11 is 0. The predicted molar refractivity (Wildman–Crippen MR) is 156 cm³/mol. The number of carbonyl (C=O) groups excluding carboxylic acids is 1. The van der Waals surface area contributed by atoms with Crippen LogP contribution in [-0.2, 0) is 9.53 Å². The molecule has 0 aromatic heterocycles. The Morgan fingerprint density at radius 2 is 0.857 bits per heavy atom. The molecule has 0 amide bonds. The Morgan fingerprint density at radius 1 is 0.486 bits per heavy atom. The minimum absolute atomic E-state index is 0.00651. The van der Waals surface area contributed by atoms with Gasteiger partial charge >= 0.3 is 5.97 Å². The fourth-order valence-electron chi connectivity index (χ4n) is 4.80. The summed E-state index contributed by atoms with van der Waals surface area (Å²) in [4.78, 5) is 11.7. The molecular formula is C33H64O2. The van der Waals surface area contributed by atoms with Crippen LogP contribution < -0.4 is 0 Å². The number of ether oxygens (including phenoxy) is 1. The number of unbranched alkanes of at least 4 members (excludes halogenated alkanes) is 23. The zero-order chi connectivity index (χ0) is 25.5. The van der Waals surface area contributed by atoms with E-state index in [1.54, 1.807) is 0 Å². The average molecular weight is 493 g/mol. The molecule has 208 valence electrons. The van der Waals surface area contributed by atoms with Gasteiger partial charge < -0.3 is 4.74 Å². The molecule has 2 nitrogen and oxygen atoms in total. The maximum atomic E-state index is 11.7. The fourth-order valence-corrected chi connectivity index (χ4v) is 4.80. The molecule has 0 aromatic carbocycles. The number of carbonyl (C=O) groups is 1. The van der Waals surface area contributed by atoms with Gasteiger partial charge in [0.15, 0.2) is 0 Å². The Morgan fingerprint density at radius 3 is 1.23 bits per heavy atom. The van der Waals surface area contributed by atoms with E-state index in [2.05, 4.69) is 26.0 Å². The number of hydrogen-bond donors (Lipinski definition) is 0. The summed E-state index contributed by atoms with van der Waals surface area (Å²) in [5.41, 5.74) is 0. The molecule has 0 radical (unpaired) electrons. The molecule has 0 aliphatic heterocycles. The van der Waals surface area contributed by atoms with Crippen LogP contribution >= 0.6 is 0 Å². The van der Waals surface area contributed by atoms with Gasteiger partial charge in [0.2, 0.25) is 0 Å². The summed E-state index contributed by atoms with van der Waals surface area (Å²) in [6, 6.07) is 0. The molecule has 0 saturated carbocycles. The highest BCUT2D eigenvalue weighted by Crippen LogP contribution is 2.15. The number of esters is 1. The quantitative estimate of drug-likeness (QED) is 0.0589. The van der Waals surface area contributed by atoms with E-state index in [9.17, 15) is 4.79 Å². The Hall–Kier alpha value is -0.790. The van der Waals surface area contributed by atoms with Crippen LogP contribution in [0, 0.1) is 0 Å². The van der Waals surface area contributed by atoms with Gasteiger partial charge in [-0.2, -0.15) is 0 Å². The van der Waals surface area contributed by atoms with E-state index < -0.39 is 0 Å². The van der Waals surface area contributed by atoms with Gasteiger partial charge in [-0.25, -0.2) is 0 Å². The SMILES string of the molecule is CC/C=C/CCCOC(=O)CCCCCCCCCCCCCCCCCCCCCCCCC. The van der Waals surface area contributed by atoms with Gasteiger partial charge in [0, 0.05) is 6.42 Å².